The van der Waals surface area contributed by atoms with Gasteiger partial charge in [-0.2, -0.15) is 0 Å². The second-order valence-electron chi connectivity index (χ2n) is 3.56. The maximum absolute atomic E-state index is 11.7. The zero-order valence-corrected chi connectivity index (χ0v) is 11.1. The Morgan fingerprint density at radius 2 is 1.63 bits per heavy atom. The van der Waals surface area contributed by atoms with E-state index in [4.69, 9.17) is 16.7 Å². The molecule has 1 heterocycles. The number of amides is 2. The van der Waals surface area contributed by atoms with Crippen LogP contribution in [0, 0.1) is 0 Å². The molecule has 3 N–H and O–H groups in total. The standard InChI is InChI=1S/C12H9ClN2O3S/c13-10-6-5-9(19-10)12(18)15-14-11(17)7-1-3-8(16)4-2-7/h1-6,16H,(H,14,17)(H,15,18). The van der Waals surface area contributed by atoms with Gasteiger partial charge in [0.15, 0.2) is 0 Å². The summed E-state index contributed by atoms with van der Waals surface area (Å²) in [5.41, 5.74) is 4.87. The molecule has 1 aromatic carbocycles. The van der Waals surface area contributed by atoms with Gasteiger partial charge >= 0.3 is 0 Å². The molecule has 0 saturated heterocycles. The van der Waals surface area contributed by atoms with Crippen LogP contribution in [-0.4, -0.2) is 16.9 Å². The van der Waals surface area contributed by atoms with E-state index in [-0.39, 0.29) is 5.75 Å². The summed E-state index contributed by atoms with van der Waals surface area (Å²) in [6.07, 6.45) is 0. The van der Waals surface area contributed by atoms with Crippen LogP contribution < -0.4 is 10.9 Å². The first-order valence-electron chi connectivity index (χ1n) is 5.21. The van der Waals surface area contributed by atoms with E-state index in [1.807, 2.05) is 0 Å². The normalized spacial score (nSPS) is 9.95. The number of hydrogen-bond donors (Lipinski definition) is 3. The van der Waals surface area contributed by atoms with Crippen molar-refractivity contribution in [1.29, 1.82) is 0 Å². The zero-order chi connectivity index (χ0) is 13.8. The number of benzene rings is 1. The topological polar surface area (TPSA) is 78.4 Å². The monoisotopic (exact) mass is 296 g/mol. The maximum atomic E-state index is 11.7. The van der Waals surface area contributed by atoms with Gasteiger partial charge in [-0.05, 0) is 36.4 Å². The number of nitrogens with one attached hydrogen (secondary N) is 2. The van der Waals surface area contributed by atoms with Gasteiger partial charge in [0.25, 0.3) is 11.8 Å². The van der Waals surface area contributed by atoms with E-state index in [1.54, 1.807) is 12.1 Å². The van der Waals surface area contributed by atoms with E-state index in [2.05, 4.69) is 10.9 Å². The lowest BCUT2D eigenvalue weighted by atomic mass is 10.2. The Hall–Kier alpha value is -2.05. The SMILES string of the molecule is O=C(NNC(=O)c1ccc(Cl)s1)c1ccc(O)cc1. The molecule has 0 atom stereocenters. The number of thiophene rings is 1. The third-order valence-electron chi connectivity index (χ3n) is 2.22. The van der Waals surface area contributed by atoms with Crippen LogP contribution >= 0.6 is 22.9 Å². The highest BCUT2D eigenvalue weighted by molar-refractivity contribution is 7.17. The van der Waals surface area contributed by atoms with Gasteiger partial charge in [0.05, 0.1) is 9.21 Å². The van der Waals surface area contributed by atoms with Crippen LogP contribution in [0.15, 0.2) is 36.4 Å². The van der Waals surface area contributed by atoms with Gasteiger partial charge in [-0.15, -0.1) is 11.3 Å². The molecular formula is C12H9ClN2O3S. The smallest absolute Gasteiger partial charge is 0.279 e. The van der Waals surface area contributed by atoms with Crippen molar-refractivity contribution >= 4 is 34.8 Å². The Balaban J connectivity index is 1.93. The molecule has 2 amide bonds. The van der Waals surface area contributed by atoms with Gasteiger partial charge in [-0.25, -0.2) is 0 Å². The fourth-order valence-corrected chi connectivity index (χ4v) is 2.23. The van der Waals surface area contributed by atoms with Crippen molar-refractivity contribution in [3.05, 3.63) is 51.2 Å². The molecule has 0 bridgehead atoms. The molecule has 0 radical (unpaired) electrons. The van der Waals surface area contributed by atoms with Crippen molar-refractivity contribution in [2.45, 2.75) is 0 Å². The fraction of sp³-hybridized carbons (Fsp3) is 0. The summed E-state index contributed by atoms with van der Waals surface area (Å²) in [6, 6.07) is 8.82. The second kappa shape index (κ2) is 5.73. The molecule has 0 aliphatic heterocycles. The van der Waals surface area contributed by atoms with Crippen LogP contribution in [0.3, 0.4) is 0 Å². The van der Waals surface area contributed by atoms with Crippen LogP contribution in [0.4, 0.5) is 0 Å². The number of phenols is 1. The summed E-state index contributed by atoms with van der Waals surface area (Å²) in [5, 5.41) is 9.10. The summed E-state index contributed by atoms with van der Waals surface area (Å²) in [4.78, 5) is 23.7. The average molecular weight is 297 g/mol. The lowest BCUT2D eigenvalue weighted by Gasteiger charge is -2.06. The number of phenolic OH excluding ortho intramolecular Hbond substituents is 1. The number of aromatic hydroxyl groups is 1. The van der Waals surface area contributed by atoms with Crippen molar-refractivity contribution in [3.63, 3.8) is 0 Å². The third kappa shape index (κ3) is 3.46. The minimum absolute atomic E-state index is 0.0637. The van der Waals surface area contributed by atoms with Crippen LogP contribution in [0.2, 0.25) is 4.34 Å². The highest BCUT2D eigenvalue weighted by Gasteiger charge is 2.10. The van der Waals surface area contributed by atoms with Gasteiger partial charge in [-0.1, -0.05) is 11.6 Å². The van der Waals surface area contributed by atoms with Gasteiger partial charge in [-0.3, -0.25) is 20.4 Å². The summed E-state index contributed by atoms with van der Waals surface area (Å²) in [7, 11) is 0. The van der Waals surface area contributed by atoms with Crippen molar-refractivity contribution in [2.75, 3.05) is 0 Å². The predicted octanol–water partition coefficient (Wildman–Crippen LogP) is 2.18. The molecule has 98 valence electrons. The van der Waals surface area contributed by atoms with E-state index in [0.717, 1.165) is 11.3 Å². The Labute approximate surface area is 117 Å². The van der Waals surface area contributed by atoms with Gasteiger partial charge in [0, 0.05) is 5.56 Å². The summed E-state index contributed by atoms with van der Waals surface area (Å²) in [6.45, 7) is 0. The van der Waals surface area contributed by atoms with Gasteiger partial charge in [0.1, 0.15) is 5.75 Å². The summed E-state index contributed by atoms with van der Waals surface area (Å²) in [5.74, 6) is -0.853. The van der Waals surface area contributed by atoms with E-state index in [0.29, 0.717) is 14.8 Å². The number of carbonyl (C=O) groups is 2. The van der Waals surface area contributed by atoms with Gasteiger partial charge < -0.3 is 5.11 Å². The largest absolute Gasteiger partial charge is 0.508 e. The van der Waals surface area contributed by atoms with Crippen LogP contribution in [0.1, 0.15) is 20.0 Å². The molecule has 2 aromatic rings. The lowest BCUT2D eigenvalue weighted by molar-refractivity contribution is 0.0849. The molecular weight excluding hydrogens is 288 g/mol. The number of hydrogen-bond acceptors (Lipinski definition) is 4. The predicted molar refractivity (Wildman–Crippen MR) is 72.4 cm³/mol. The molecule has 0 unspecified atom stereocenters. The molecule has 1 aromatic heterocycles. The summed E-state index contributed by atoms with van der Waals surface area (Å²) >= 11 is 6.82. The van der Waals surface area contributed by atoms with E-state index < -0.39 is 11.8 Å². The minimum Gasteiger partial charge on any atom is -0.508 e. The Morgan fingerprint density at radius 3 is 2.21 bits per heavy atom. The average Bonchev–Trinajstić information content (AvgIpc) is 2.83. The lowest BCUT2D eigenvalue weighted by Crippen LogP contribution is -2.41. The fourth-order valence-electron chi connectivity index (χ4n) is 1.30. The maximum Gasteiger partial charge on any atom is 0.279 e. The minimum atomic E-state index is -0.476. The van der Waals surface area contributed by atoms with Crippen molar-refractivity contribution in [1.82, 2.24) is 10.9 Å². The van der Waals surface area contributed by atoms with Crippen molar-refractivity contribution < 1.29 is 14.7 Å². The first-order valence-corrected chi connectivity index (χ1v) is 6.41. The molecule has 0 aliphatic rings. The molecule has 5 nitrogen and oxygen atoms in total. The molecule has 0 aliphatic carbocycles. The molecule has 0 spiro atoms. The zero-order valence-electron chi connectivity index (χ0n) is 9.51. The van der Waals surface area contributed by atoms with E-state index in [1.165, 1.54) is 24.3 Å². The van der Waals surface area contributed by atoms with Gasteiger partial charge in [0.2, 0.25) is 0 Å². The highest BCUT2D eigenvalue weighted by Crippen LogP contribution is 2.20. The van der Waals surface area contributed by atoms with Crippen LogP contribution in [-0.2, 0) is 0 Å². The quantitative estimate of drug-likeness (QED) is 0.743. The molecule has 0 fully saturated rings. The van der Waals surface area contributed by atoms with E-state index >= 15 is 0 Å². The third-order valence-corrected chi connectivity index (χ3v) is 3.45. The Kier molecular flexibility index (Phi) is 4.03. The van der Waals surface area contributed by atoms with Crippen LogP contribution in [0.5, 0.6) is 5.75 Å². The molecule has 2 rings (SSSR count). The number of halogens is 1. The number of rotatable bonds is 2. The first kappa shape index (κ1) is 13.4. The first-order chi connectivity index (χ1) is 9.06. The number of hydrazine groups is 1. The van der Waals surface area contributed by atoms with Crippen LogP contribution in [0.25, 0.3) is 0 Å². The van der Waals surface area contributed by atoms with Crippen molar-refractivity contribution in [2.24, 2.45) is 0 Å². The van der Waals surface area contributed by atoms with Crippen molar-refractivity contribution in [3.8, 4) is 5.75 Å². The molecule has 0 saturated carbocycles. The number of carbonyl (C=O) groups excluding carboxylic acids is 2. The van der Waals surface area contributed by atoms with E-state index in [9.17, 15) is 9.59 Å². The Bertz CT molecular complexity index is 610. The summed E-state index contributed by atoms with van der Waals surface area (Å²) < 4.78 is 0.495. The second-order valence-corrected chi connectivity index (χ2v) is 5.27. The Morgan fingerprint density at radius 1 is 1.00 bits per heavy atom. The highest BCUT2D eigenvalue weighted by atomic mass is 35.5. The molecule has 7 heteroatoms. The molecule has 19 heavy (non-hydrogen) atoms.